The van der Waals surface area contributed by atoms with Gasteiger partial charge in [0.1, 0.15) is 0 Å². The van der Waals surface area contributed by atoms with E-state index in [-0.39, 0.29) is 0 Å². The zero-order chi connectivity index (χ0) is 13.5. The minimum atomic E-state index is 0.584. The van der Waals surface area contributed by atoms with Crippen molar-refractivity contribution in [2.45, 2.75) is 33.1 Å². The Morgan fingerprint density at radius 2 is 2.21 bits per heavy atom. The first-order valence-electron chi connectivity index (χ1n) is 7.62. The van der Waals surface area contributed by atoms with Crippen LogP contribution >= 0.6 is 0 Å². The van der Waals surface area contributed by atoms with Crippen LogP contribution in [-0.4, -0.2) is 26.3 Å². The molecule has 1 aromatic rings. The van der Waals surface area contributed by atoms with Crippen LogP contribution in [0.2, 0.25) is 0 Å². The summed E-state index contributed by atoms with van der Waals surface area (Å²) in [4.78, 5) is 0. The van der Waals surface area contributed by atoms with E-state index in [4.69, 9.17) is 4.74 Å². The monoisotopic (exact) mass is 261 g/mol. The Morgan fingerprint density at radius 1 is 1.37 bits per heavy atom. The molecule has 2 nitrogen and oxygen atoms in total. The van der Waals surface area contributed by atoms with Gasteiger partial charge in [-0.05, 0) is 50.1 Å². The molecular formula is C17H27NO. The molecular weight excluding hydrogens is 234 g/mol. The molecule has 1 N–H and O–H groups in total. The van der Waals surface area contributed by atoms with E-state index in [1.54, 1.807) is 0 Å². The van der Waals surface area contributed by atoms with Crippen LogP contribution in [0.15, 0.2) is 24.3 Å². The average Bonchev–Trinajstić information content (AvgIpc) is 3.20. The summed E-state index contributed by atoms with van der Waals surface area (Å²) < 4.78 is 5.88. The fourth-order valence-electron chi connectivity index (χ4n) is 2.40. The second-order valence-corrected chi connectivity index (χ2v) is 5.85. The quantitative estimate of drug-likeness (QED) is 0.737. The first-order valence-corrected chi connectivity index (χ1v) is 7.62. The second-order valence-electron chi connectivity index (χ2n) is 5.85. The highest BCUT2D eigenvalue weighted by atomic mass is 16.5. The van der Waals surface area contributed by atoms with Crippen molar-refractivity contribution in [3.8, 4) is 0 Å². The first-order chi connectivity index (χ1) is 9.28. The summed E-state index contributed by atoms with van der Waals surface area (Å²) in [7, 11) is 0. The molecule has 0 bridgehead atoms. The van der Waals surface area contributed by atoms with E-state index < -0.39 is 0 Å². The number of hydrogen-bond donors (Lipinski definition) is 1. The zero-order valence-electron chi connectivity index (χ0n) is 12.3. The van der Waals surface area contributed by atoms with Crippen molar-refractivity contribution in [2.75, 3.05) is 26.3 Å². The molecule has 0 radical (unpaired) electrons. The molecule has 1 aliphatic carbocycles. The topological polar surface area (TPSA) is 21.3 Å². The van der Waals surface area contributed by atoms with Gasteiger partial charge in [-0.2, -0.15) is 0 Å². The fourth-order valence-corrected chi connectivity index (χ4v) is 2.40. The minimum Gasteiger partial charge on any atom is -0.381 e. The molecule has 1 aliphatic rings. The number of hydrogen-bond acceptors (Lipinski definition) is 2. The van der Waals surface area contributed by atoms with Crippen LogP contribution in [0, 0.1) is 18.8 Å². The molecule has 1 saturated carbocycles. The van der Waals surface area contributed by atoms with E-state index in [1.165, 1.54) is 24.0 Å². The average molecular weight is 261 g/mol. The number of nitrogens with one attached hydrogen (secondary N) is 1. The number of ether oxygens (including phenoxy) is 1. The molecule has 0 amide bonds. The van der Waals surface area contributed by atoms with E-state index >= 15 is 0 Å². The molecule has 1 fully saturated rings. The van der Waals surface area contributed by atoms with Gasteiger partial charge in [-0.25, -0.2) is 0 Å². The van der Waals surface area contributed by atoms with Crippen LogP contribution in [0.3, 0.4) is 0 Å². The Labute approximate surface area is 117 Å². The van der Waals surface area contributed by atoms with Crippen molar-refractivity contribution in [3.05, 3.63) is 35.4 Å². The normalized spacial score (nSPS) is 16.5. The van der Waals surface area contributed by atoms with Crippen molar-refractivity contribution in [1.29, 1.82) is 0 Å². The summed E-state index contributed by atoms with van der Waals surface area (Å²) in [6.07, 6.45) is 3.85. The Kier molecular flexibility index (Phi) is 5.87. The van der Waals surface area contributed by atoms with Crippen LogP contribution in [0.5, 0.6) is 0 Å². The summed E-state index contributed by atoms with van der Waals surface area (Å²) in [6.45, 7) is 8.26. The van der Waals surface area contributed by atoms with Crippen LogP contribution in [0.4, 0.5) is 0 Å². The Balaban J connectivity index is 1.80. The highest BCUT2D eigenvalue weighted by Crippen LogP contribution is 2.29. The molecule has 19 heavy (non-hydrogen) atoms. The summed E-state index contributed by atoms with van der Waals surface area (Å²) in [6, 6.07) is 8.83. The standard InChI is InChI=1S/C17H27NO/c1-3-18-11-17(13-19-12-15-7-8-15)10-16-6-4-5-14(2)9-16/h4-6,9,15,17-18H,3,7-8,10-13H2,1-2H3. The van der Waals surface area contributed by atoms with Crippen LogP contribution in [0.1, 0.15) is 30.9 Å². The van der Waals surface area contributed by atoms with E-state index in [2.05, 4.69) is 43.4 Å². The predicted molar refractivity (Wildman–Crippen MR) is 80.5 cm³/mol. The molecule has 1 unspecified atom stereocenters. The van der Waals surface area contributed by atoms with Gasteiger partial charge >= 0.3 is 0 Å². The zero-order valence-corrected chi connectivity index (χ0v) is 12.3. The molecule has 2 rings (SSSR count). The molecule has 2 heteroatoms. The fraction of sp³-hybridized carbons (Fsp3) is 0.647. The molecule has 0 heterocycles. The van der Waals surface area contributed by atoms with Crippen molar-refractivity contribution < 1.29 is 4.74 Å². The van der Waals surface area contributed by atoms with Crippen LogP contribution in [-0.2, 0) is 11.2 Å². The Hall–Kier alpha value is -0.860. The first kappa shape index (κ1) is 14.5. The Bertz CT molecular complexity index is 373. The number of benzene rings is 1. The lowest BCUT2D eigenvalue weighted by Crippen LogP contribution is -2.27. The molecule has 0 aliphatic heterocycles. The maximum Gasteiger partial charge on any atom is 0.0509 e. The van der Waals surface area contributed by atoms with Gasteiger partial charge in [0.15, 0.2) is 0 Å². The van der Waals surface area contributed by atoms with E-state index in [0.717, 1.165) is 38.6 Å². The lowest BCUT2D eigenvalue weighted by atomic mass is 9.98. The van der Waals surface area contributed by atoms with Crippen LogP contribution < -0.4 is 5.32 Å². The number of rotatable bonds is 9. The summed E-state index contributed by atoms with van der Waals surface area (Å²) in [5, 5.41) is 3.46. The van der Waals surface area contributed by atoms with Gasteiger partial charge in [0.05, 0.1) is 6.61 Å². The summed E-state index contributed by atoms with van der Waals surface area (Å²) in [5.41, 5.74) is 2.77. The third kappa shape index (κ3) is 5.75. The van der Waals surface area contributed by atoms with Crippen molar-refractivity contribution >= 4 is 0 Å². The van der Waals surface area contributed by atoms with Gasteiger partial charge in [-0.15, -0.1) is 0 Å². The maximum atomic E-state index is 5.88. The third-order valence-corrected chi connectivity index (χ3v) is 3.69. The van der Waals surface area contributed by atoms with Gasteiger partial charge in [0.2, 0.25) is 0 Å². The maximum absolute atomic E-state index is 5.88. The Morgan fingerprint density at radius 3 is 2.89 bits per heavy atom. The minimum absolute atomic E-state index is 0.584. The lowest BCUT2D eigenvalue weighted by molar-refractivity contribution is 0.0909. The predicted octanol–water partition coefficient (Wildman–Crippen LogP) is 3.19. The van der Waals surface area contributed by atoms with Gasteiger partial charge in [-0.1, -0.05) is 36.8 Å². The van der Waals surface area contributed by atoms with E-state index in [9.17, 15) is 0 Å². The molecule has 0 saturated heterocycles. The second kappa shape index (κ2) is 7.66. The summed E-state index contributed by atoms with van der Waals surface area (Å²) in [5.74, 6) is 1.44. The molecule has 0 spiro atoms. The highest BCUT2D eigenvalue weighted by Gasteiger charge is 2.21. The van der Waals surface area contributed by atoms with Crippen molar-refractivity contribution in [2.24, 2.45) is 11.8 Å². The largest absolute Gasteiger partial charge is 0.381 e. The smallest absolute Gasteiger partial charge is 0.0509 e. The van der Waals surface area contributed by atoms with E-state index in [0.29, 0.717) is 5.92 Å². The molecule has 0 aromatic heterocycles. The van der Waals surface area contributed by atoms with Gasteiger partial charge in [0.25, 0.3) is 0 Å². The number of aryl methyl sites for hydroxylation is 1. The van der Waals surface area contributed by atoms with E-state index in [1.807, 2.05) is 0 Å². The summed E-state index contributed by atoms with van der Waals surface area (Å²) >= 11 is 0. The lowest BCUT2D eigenvalue weighted by Gasteiger charge is -2.18. The van der Waals surface area contributed by atoms with Crippen LogP contribution in [0.25, 0.3) is 0 Å². The third-order valence-electron chi connectivity index (χ3n) is 3.69. The van der Waals surface area contributed by atoms with Gasteiger partial charge in [-0.3, -0.25) is 0 Å². The molecule has 1 aromatic carbocycles. The highest BCUT2D eigenvalue weighted by molar-refractivity contribution is 5.22. The van der Waals surface area contributed by atoms with Crippen molar-refractivity contribution in [1.82, 2.24) is 5.32 Å². The molecule has 106 valence electrons. The SMILES string of the molecule is CCNCC(COCC1CC1)Cc1cccc(C)c1. The van der Waals surface area contributed by atoms with Gasteiger partial charge < -0.3 is 10.1 Å². The van der Waals surface area contributed by atoms with Crippen molar-refractivity contribution in [3.63, 3.8) is 0 Å². The van der Waals surface area contributed by atoms with Gasteiger partial charge in [0, 0.05) is 13.2 Å². The molecule has 1 atom stereocenters.